The van der Waals surface area contributed by atoms with Crippen LogP contribution < -0.4 is 10.1 Å². The fourth-order valence-corrected chi connectivity index (χ4v) is 5.09. The van der Waals surface area contributed by atoms with Gasteiger partial charge in [0.2, 0.25) is 0 Å². The average molecular weight is 553 g/mol. The van der Waals surface area contributed by atoms with E-state index >= 15 is 0 Å². The number of fused-ring (bicyclic) bond motifs is 1. The minimum absolute atomic E-state index is 0.144. The van der Waals surface area contributed by atoms with Crippen LogP contribution in [0.5, 0.6) is 5.75 Å². The van der Waals surface area contributed by atoms with Gasteiger partial charge >= 0.3 is 0 Å². The van der Waals surface area contributed by atoms with Crippen molar-refractivity contribution >= 4 is 28.4 Å². The van der Waals surface area contributed by atoms with Gasteiger partial charge in [0, 0.05) is 21.7 Å². The van der Waals surface area contributed by atoms with Crippen LogP contribution in [0.3, 0.4) is 0 Å². The first kappa shape index (κ1) is 27.1. The predicted molar refractivity (Wildman–Crippen MR) is 146 cm³/mol. The number of nitrogens with one attached hydrogen (secondary N) is 1. The first-order valence-corrected chi connectivity index (χ1v) is 13.0. The number of ether oxygens (including phenoxy) is 3. The van der Waals surface area contributed by atoms with Gasteiger partial charge in [-0.3, -0.25) is 4.79 Å². The molecule has 2 atom stereocenters. The van der Waals surface area contributed by atoms with Crippen molar-refractivity contribution < 1.29 is 23.4 Å². The second-order valence-corrected chi connectivity index (χ2v) is 10.6. The van der Waals surface area contributed by atoms with E-state index in [1.807, 2.05) is 57.2 Å². The van der Waals surface area contributed by atoms with Crippen molar-refractivity contribution in [3.8, 4) is 11.4 Å². The molecule has 204 valence electrons. The zero-order valence-electron chi connectivity index (χ0n) is 22.4. The summed E-state index contributed by atoms with van der Waals surface area (Å²) in [5.74, 6) is -0.937. The number of carbonyl (C=O) groups is 1. The zero-order chi connectivity index (χ0) is 27.9. The smallest absolute Gasteiger partial charge is 0.252 e. The van der Waals surface area contributed by atoms with Crippen LogP contribution in [0.4, 0.5) is 4.39 Å². The fraction of sp³-hybridized carbons (Fsp3) is 0.345. The highest BCUT2D eigenvalue weighted by molar-refractivity contribution is 6.31. The summed E-state index contributed by atoms with van der Waals surface area (Å²) in [5, 5.41) is 8.43. The van der Waals surface area contributed by atoms with E-state index in [-0.39, 0.29) is 25.2 Å². The highest BCUT2D eigenvalue weighted by Crippen LogP contribution is 2.33. The van der Waals surface area contributed by atoms with Crippen LogP contribution in [-0.4, -0.2) is 39.2 Å². The van der Waals surface area contributed by atoms with E-state index in [2.05, 4.69) is 10.4 Å². The van der Waals surface area contributed by atoms with Crippen LogP contribution in [0.25, 0.3) is 16.6 Å². The average Bonchev–Trinajstić information content (AvgIpc) is 3.47. The number of benzene rings is 2. The number of amides is 1. The van der Waals surface area contributed by atoms with E-state index in [1.165, 1.54) is 10.9 Å². The minimum atomic E-state index is -0.798. The molecule has 2 aromatic heterocycles. The lowest BCUT2D eigenvalue weighted by molar-refractivity contribution is -0.153. The molecule has 2 aromatic carbocycles. The summed E-state index contributed by atoms with van der Waals surface area (Å²) in [7, 11) is 0. The van der Waals surface area contributed by atoms with Crippen molar-refractivity contribution in [2.45, 2.75) is 59.2 Å². The third-order valence-corrected chi connectivity index (χ3v) is 6.92. The van der Waals surface area contributed by atoms with E-state index < -0.39 is 17.7 Å². The molecule has 0 bridgehead atoms. The summed E-state index contributed by atoms with van der Waals surface area (Å²) < 4.78 is 32.7. The standard InChI is InChI=1S/C29H30ClFN4O4/c1-16-9-21(18(3)34-28(36)26-15-38-29(4,5)39-26)22(23(30)10-16)14-37-25-8-6-7-20-24(11-17(2)33-27(20)25)35-13-19(31)12-32-35/h6-13,18,26H,14-15H2,1-5H3,(H,34,36)/t18-,26+/m0/s1. The molecule has 1 aliphatic heterocycles. The molecule has 1 aliphatic rings. The summed E-state index contributed by atoms with van der Waals surface area (Å²) in [6.45, 7) is 9.59. The number of hydrogen-bond acceptors (Lipinski definition) is 6. The lowest BCUT2D eigenvalue weighted by Crippen LogP contribution is -2.38. The van der Waals surface area contributed by atoms with Crippen molar-refractivity contribution in [3.05, 3.63) is 82.0 Å². The van der Waals surface area contributed by atoms with E-state index in [0.717, 1.165) is 34.0 Å². The molecule has 1 saturated heterocycles. The molecule has 5 rings (SSSR count). The van der Waals surface area contributed by atoms with E-state index in [1.54, 1.807) is 13.8 Å². The Morgan fingerprint density at radius 3 is 2.79 bits per heavy atom. The molecule has 0 spiro atoms. The molecule has 0 aliphatic carbocycles. The molecule has 0 saturated carbocycles. The summed E-state index contributed by atoms with van der Waals surface area (Å²) in [6, 6.07) is 10.9. The van der Waals surface area contributed by atoms with Crippen molar-refractivity contribution in [1.82, 2.24) is 20.1 Å². The van der Waals surface area contributed by atoms with Crippen LogP contribution in [-0.2, 0) is 20.9 Å². The Kier molecular flexibility index (Phi) is 7.33. The molecule has 1 N–H and O–H groups in total. The molecule has 3 heterocycles. The van der Waals surface area contributed by atoms with Gasteiger partial charge in [-0.1, -0.05) is 29.8 Å². The van der Waals surface area contributed by atoms with Crippen molar-refractivity contribution in [3.63, 3.8) is 0 Å². The van der Waals surface area contributed by atoms with Crippen LogP contribution in [0.2, 0.25) is 5.02 Å². The van der Waals surface area contributed by atoms with E-state index in [0.29, 0.717) is 22.0 Å². The van der Waals surface area contributed by atoms with Gasteiger partial charge in [0.1, 0.15) is 17.9 Å². The Balaban J connectivity index is 1.42. The molecular weight excluding hydrogens is 523 g/mol. The van der Waals surface area contributed by atoms with Gasteiger partial charge in [-0.15, -0.1) is 0 Å². The SMILES string of the molecule is Cc1cc(Cl)c(COc2cccc3c(-n4cc(F)cn4)cc(C)nc23)c([C@H](C)NC(=O)[C@H]2COC(C)(C)O2)c1. The van der Waals surface area contributed by atoms with Crippen LogP contribution in [0.1, 0.15) is 49.2 Å². The molecule has 1 fully saturated rings. The van der Waals surface area contributed by atoms with Gasteiger partial charge in [0.25, 0.3) is 5.91 Å². The van der Waals surface area contributed by atoms with Gasteiger partial charge in [-0.2, -0.15) is 5.10 Å². The number of hydrogen-bond donors (Lipinski definition) is 1. The third-order valence-electron chi connectivity index (χ3n) is 6.58. The Hall–Kier alpha value is -3.53. The van der Waals surface area contributed by atoms with Crippen LogP contribution >= 0.6 is 11.6 Å². The first-order valence-electron chi connectivity index (χ1n) is 12.7. The number of aryl methyl sites for hydroxylation is 2. The van der Waals surface area contributed by atoms with Crippen molar-refractivity contribution in [1.29, 1.82) is 0 Å². The number of rotatable bonds is 7. The lowest BCUT2D eigenvalue weighted by atomic mass is 9.99. The maximum absolute atomic E-state index is 13.7. The summed E-state index contributed by atoms with van der Waals surface area (Å²) in [4.78, 5) is 17.6. The summed E-state index contributed by atoms with van der Waals surface area (Å²) in [5.41, 5.74) is 4.59. The van der Waals surface area contributed by atoms with Gasteiger partial charge < -0.3 is 19.5 Å². The highest BCUT2D eigenvalue weighted by Gasteiger charge is 2.37. The maximum Gasteiger partial charge on any atom is 0.252 e. The summed E-state index contributed by atoms with van der Waals surface area (Å²) in [6.07, 6.45) is 1.79. The third kappa shape index (κ3) is 5.75. The van der Waals surface area contributed by atoms with Crippen molar-refractivity contribution in [2.75, 3.05) is 6.61 Å². The predicted octanol–water partition coefficient (Wildman–Crippen LogP) is 5.74. The quantitative estimate of drug-likeness (QED) is 0.315. The van der Waals surface area contributed by atoms with Crippen LogP contribution in [0.15, 0.2) is 48.8 Å². The Labute approximate surface area is 231 Å². The van der Waals surface area contributed by atoms with Crippen molar-refractivity contribution in [2.24, 2.45) is 0 Å². The topological polar surface area (TPSA) is 87.5 Å². The summed E-state index contributed by atoms with van der Waals surface area (Å²) >= 11 is 6.70. The normalized spacial score (nSPS) is 17.4. The Bertz CT molecular complexity index is 1550. The maximum atomic E-state index is 13.7. The number of nitrogens with zero attached hydrogens (tertiary/aromatic N) is 3. The van der Waals surface area contributed by atoms with E-state index in [9.17, 15) is 9.18 Å². The number of halogens is 2. The Morgan fingerprint density at radius 1 is 1.31 bits per heavy atom. The lowest BCUT2D eigenvalue weighted by Gasteiger charge is -2.22. The molecule has 0 radical (unpaired) electrons. The van der Waals surface area contributed by atoms with Gasteiger partial charge in [-0.05, 0) is 63.9 Å². The number of pyridine rings is 1. The second-order valence-electron chi connectivity index (χ2n) is 10.2. The molecule has 1 amide bonds. The minimum Gasteiger partial charge on any atom is -0.487 e. The van der Waals surface area contributed by atoms with Gasteiger partial charge in [0.15, 0.2) is 17.7 Å². The number of aromatic nitrogens is 3. The molecule has 0 unspecified atom stereocenters. The van der Waals surface area contributed by atoms with E-state index in [4.69, 9.17) is 30.8 Å². The first-order chi connectivity index (χ1) is 18.5. The molecule has 10 heteroatoms. The molecule has 8 nitrogen and oxygen atoms in total. The number of carbonyl (C=O) groups excluding carboxylic acids is 1. The Morgan fingerprint density at radius 2 is 2.10 bits per heavy atom. The monoisotopic (exact) mass is 552 g/mol. The molecule has 39 heavy (non-hydrogen) atoms. The van der Waals surface area contributed by atoms with Gasteiger partial charge in [-0.25, -0.2) is 14.1 Å². The fourth-order valence-electron chi connectivity index (χ4n) is 4.75. The second kappa shape index (κ2) is 10.6. The zero-order valence-corrected chi connectivity index (χ0v) is 23.2. The van der Waals surface area contributed by atoms with Gasteiger partial charge in [0.05, 0.1) is 30.7 Å². The largest absolute Gasteiger partial charge is 0.487 e. The van der Waals surface area contributed by atoms with Crippen LogP contribution in [0, 0.1) is 19.7 Å². The molecule has 4 aromatic rings. The molecular formula is C29H30ClFN4O4. The highest BCUT2D eigenvalue weighted by atomic mass is 35.5. The number of para-hydroxylation sites is 1.